The van der Waals surface area contributed by atoms with E-state index in [4.69, 9.17) is 4.74 Å². The zero-order valence-electron chi connectivity index (χ0n) is 17.9. The highest BCUT2D eigenvalue weighted by atomic mass is 127. The van der Waals surface area contributed by atoms with Crippen molar-refractivity contribution in [3.8, 4) is 0 Å². The van der Waals surface area contributed by atoms with Crippen LogP contribution in [-0.4, -0.2) is 67.5 Å². The molecule has 3 rings (SSSR count). The van der Waals surface area contributed by atoms with Crippen LogP contribution in [0.4, 0.5) is 0 Å². The number of piperidine rings is 1. The minimum Gasteiger partial charge on any atom is -0.370 e. The number of carbonyl (C=O) groups is 1. The number of hydrogen-bond acceptors (Lipinski definition) is 3. The second-order valence-electron chi connectivity index (χ2n) is 7.82. The SMILES string of the molecule is CN=C(NCCC(=O)N1CCCCC1C)N1CCOC(c2ccccc2C)C1.I. The van der Waals surface area contributed by atoms with E-state index in [0.29, 0.717) is 25.6 Å². The van der Waals surface area contributed by atoms with Gasteiger partial charge >= 0.3 is 0 Å². The highest BCUT2D eigenvalue weighted by Crippen LogP contribution is 2.25. The summed E-state index contributed by atoms with van der Waals surface area (Å²) in [5, 5.41) is 3.38. The molecule has 1 amide bonds. The Kier molecular flexibility index (Phi) is 9.68. The number of amides is 1. The Morgan fingerprint density at radius 3 is 2.79 bits per heavy atom. The van der Waals surface area contributed by atoms with Gasteiger partial charge in [0.15, 0.2) is 5.96 Å². The third kappa shape index (κ3) is 6.31. The second kappa shape index (κ2) is 11.7. The average Bonchev–Trinajstić information content (AvgIpc) is 2.72. The van der Waals surface area contributed by atoms with Crippen LogP contribution in [0, 0.1) is 6.92 Å². The summed E-state index contributed by atoms with van der Waals surface area (Å²) in [7, 11) is 1.80. The molecule has 6 nitrogen and oxygen atoms in total. The van der Waals surface area contributed by atoms with E-state index in [0.717, 1.165) is 38.4 Å². The molecule has 0 saturated carbocycles. The molecule has 2 saturated heterocycles. The van der Waals surface area contributed by atoms with E-state index in [-0.39, 0.29) is 36.0 Å². The van der Waals surface area contributed by atoms with Gasteiger partial charge in [-0.25, -0.2) is 0 Å². The Morgan fingerprint density at radius 2 is 2.07 bits per heavy atom. The van der Waals surface area contributed by atoms with Crippen molar-refractivity contribution >= 4 is 35.8 Å². The maximum Gasteiger partial charge on any atom is 0.224 e. The van der Waals surface area contributed by atoms with Crippen molar-refractivity contribution in [2.24, 2.45) is 4.99 Å². The number of morpholine rings is 1. The topological polar surface area (TPSA) is 57.2 Å². The number of likely N-dealkylation sites (tertiary alicyclic amines) is 1. The number of rotatable bonds is 4. The van der Waals surface area contributed by atoms with Gasteiger partial charge in [-0.1, -0.05) is 24.3 Å². The molecule has 2 aliphatic heterocycles. The standard InChI is InChI=1S/C22H34N4O2.HI/c1-17-8-4-5-10-19(17)20-16-25(14-15-28-20)22(23-3)24-12-11-21(27)26-13-7-6-9-18(26)2;/h4-5,8,10,18,20H,6-7,9,11-16H2,1-3H3,(H,23,24);1H. The van der Waals surface area contributed by atoms with Crippen molar-refractivity contribution in [3.63, 3.8) is 0 Å². The quantitative estimate of drug-likeness (QED) is 0.381. The number of benzene rings is 1. The van der Waals surface area contributed by atoms with Crippen molar-refractivity contribution in [1.29, 1.82) is 0 Å². The Morgan fingerprint density at radius 1 is 1.28 bits per heavy atom. The molecular formula is C22H35IN4O2. The van der Waals surface area contributed by atoms with Gasteiger partial charge in [-0.2, -0.15) is 0 Å². The summed E-state index contributed by atoms with van der Waals surface area (Å²) in [5.74, 6) is 1.09. The van der Waals surface area contributed by atoms with Gasteiger partial charge in [0.2, 0.25) is 5.91 Å². The second-order valence-corrected chi connectivity index (χ2v) is 7.82. The highest BCUT2D eigenvalue weighted by molar-refractivity contribution is 14.0. The van der Waals surface area contributed by atoms with Crippen LogP contribution in [0.25, 0.3) is 0 Å². The predicted octanol–water partition coefficient (Wildman–Crippen LogP) is 3.35. The first-order chi connectivity index (χ1) is 13.6. The molecule has 0 bridgehead atoms. The number of aryl methyl sites for hydroxylation is 1. The number of nitrogens with one attached hydrogen (secondary N) is 1. The zero-order chi connectivity index (χ0) is 19.9. The van der Waals surface area contributed by atoms with Crippen molar-refractivity contribution < 1.29 is 9.53 Å². The van der Waals surface area contributed by atoms with E-state index in [1.807, 2.05) is 4.90 Å². The minimum atomic E-state index is 0. The van der Waals surface area contributed by atoms with E-state index in [1.54, 1.807) is 7.05 Å². The Bertz CT molecular complexity index is 697. The van der Waals surface area contributed by atoms with Gasteiger partial charge < -0.3 is 19.9 Å². The molecule has 2 fully saturated rings. The molecule has 0 aliphatic carbocycles. The van der Waals surface area contributed by atoms with Crippen LogP contribution < -0.4 is 5.32 Å². The average molecular weight is 514 g/mol. The molecule has 0 spiro atoms. The van der Waals surface area contributed by atoms with Gasteiger partial charge in [0.1, 0.15) is 6.10 Å². The molecular weight excluding hydrogens is 479 g/mol. The third-order valence-electron chi connectivity index (χ3n) is 5.86. The summed E-state index contributed by atoms with van der Waals surface area (Å²) in [5.41, 5.74) is 2.48. The minimum absolute atomic E-state index is 0. The number of aliphatic imine (C=N–C) groups is 1. The van der Waals surface area contributed by atoms with Crippen molar-refractivity contribution in [2.45, 2.75) is 51.7 Å². The van der Waals surface area contributed by atoms with Crippen LogP contribution in [-0.2, 0) is 9.53 Å². The third-order valence-corrected chi connectivity index (χ3v) is 5.86. The predicted molar refractivity (Wildman–Crippen MR) is 128 cm³/mol. The number of nitrogens with zero attached hydrogens (tertiary/aromatic N) is 3. The molecule has 0 radical (unpaired) electrons. The summed E-state index contributed by atoms with van der Waals surface area (Å²) in [6.45, 7) is 8.03. The van der Waals surface area contributed by atoms with Crippen molar-refractivity contribution in [1.82, 2.24) is 15.1 Å². The van der Waals surface area contributed by atoms with Crippen LogP contribution in [0.15, 0.2) is 29.3 Å². The van der Waals surface area contributed by atoms with Gasteiger partial charge in [0, 0.05) is 39.1 Å². The molecule has 2 heterocycles. The van der Waals surface area contributed by atoms with Gasteiger partial charge in [-0.3, -0.25) is 9.79 Å². The van der Waals surface area contributed by atoms with E-state index < -0.39 is 0 Å². The number of carbonyl (C=O) groups excluding carboxylic acids is 1. The van der Waals surface area contributed by atoms with Crippen molar-refractivity contribution in [3.05, 3.63) is 35.4 Å². The fourth-order valence-electron chi connectivity index (χ4n) is 4.20. The fraction of sp³-hybridized carbons (Fsp3) is 0.636. The molecule has 1 N–H and O–H groups in total. The summed E-state index contributed by atoms with van der Waals surface area (Å²) < 4.78 is 6.02. The molecule has 162 valence electrons. The lowest BCUT2D eigenvalue weighted by atomic mass is 10.0. The largest absolute Gasteiger partial charge is 0.370 e. The van der Waals surface area contributed by atoms with E-state index in [1.165, 1.54) is 17.5 Å². The summed E-state index contributed by atoms with van der Waals surface area (Å²) in [6.07, 6.45) is 4.03. The lowest BCUT2D eigenvalue weighted by Gasteiger charge is -2.36. The molecule has 7 heteroatoms. The fourth-order valence-corrected chi connectivity index (χ4v) is 4.20. The summed E-state index contributed by atoms with van der Waals surface area (Å²) in [6, 6.07) is 8.75. The van der Waals surface area contributed by atoms with Crippen LogP contribution in [0.5, 0.6) is 0 Å². The molecule has 1 aromatic rings. The van der Waals surface area contributed by atoms with Crippen LogP contribution in [0.3, 0.4) is 0 Å². The summed E-state index contributed by atoms with van der Waals surface area (Å²) in [4.78, 5) is 21.2. The summed E-state index contributed by atoms with van der Waals surface area (Å²) >= 11 is 0. The van der Waals surface area contributed by atoms with Gasteiger partial charge in [0.25, 0.3) is 0 Å². The lowest BCUT2D eigenvalue weighted by Crippen LogP contribution is -2.49. The molecule has 2 unspecified atom stereocenters. The zero-order valence-corrected chi connectivity index (χ0v) is 20.2. The smallest absolute Gasteiger partial charge is 0.224 e. The normalized spacial score (nSPS) is 22.8. The Balaban J connectivity index is 0.00000300. The molecule has 29 heavy (non-hydrogen) atoms. The Labute approximate surface area is 192 Å². The van der Waals surface area contributed by atoms with Gasteiger partial charge in [0.05, 0.1) is 13.2 Å². The van der Waals surface area contributed by atoms with Crippen LogP contribution >= 0.6 is 24.0 Å². The number of guanidine groups is 1. The maximum absolute atomic E-state index is 12.5. The molecule has 0 aromatic heterocycles. The molecule has 1 aromatic carbocycles. The van der Waals surface area contributed by atoms with Crippen LogP contribution in [0.1, 0.15) is 49.8 Å². The molecule has 2 atom stereocenters. The van der Waals surface area contributed by atoms with E-state index in [2.05, 4.69) is 53.3 Å². The van der Waals surface area contributed by atoms with Crippen LogP contribution in [0.2, 0.25) is 0 Å². The number of halogens is 1. The lowest BCUT2D eigenvalue weighted by molar-refractivity contribution is -0.134. The number of hydrogen-bond donors (Lipinski definition) is 1. The van der Waals surface area contributed by atoms with Gasteiger partial charge in [-0.15, -0.1) is 24.0 Å². The number of ether oxygens (including phenoxy) is 1. The van der Waals surface area contributed by atoms with Gasteiger partial charge in [-0.05, 0) is 44.2 Å². The maximum atomic E-state index is 12.5. The molecule has 2 aliphatic rings. The monoisotopic (exact) mass is 514 g/mol. The Hall–Kier alpha value is -1.35. The van der Waals surface area contributed by atoms with Crippen molar-refractivity contribution in [2.75, 3.05) is 39.8 Å². The van der Waals surface area contributed by atoms with E-state index in [9.17, 15) is 4.79 Å². The first-order valence-electron chi connectivity index (χ1n) is 10.5. The first kappa shape index (κ1) is 23.9. The first-order valence-corrected chi connectivity index (χ1v) is 10.5. The van der Waals surface area contributed by atoms with E-state index >= 15 is 0 Å². The highest BCUT2D eigenvalue weighted by Gasteiger charge is 2.26.